The summed E-state index contributed by atoms with van der Waals surface area (Å²) in [6, 6.07) is 0.827. The van der Waals surface area contributed by atoms with Gasteiger partial charge >= 0.3 is 0 Å². The molecule has 1 aliphatic rings. The predicted octanol–water partition coefficient (Wildman–Crippen LogP) is 0.993. The van der Waals surface area contributed by atoms with Crippen molar-refractivity contribution in [1.82, 2.24) is 4.90 Å². The molecule has 0 bridgehead atoms. The van der Waals surface area contributed by atoms with Crippen LogP contribution in [0.5, 0.6) is 0 Å². The minimum atomic E-state index is -0.260. The minimum Gasteiger partial charge on any atom is -0.396 e. The molecule has 3 unspecified atom stereocenters. The lowest BCUT2D eigenvalue weighted by molar-refractivity contribution is 0.0591. The molecule has 0 radical (unpaired) electrons. The van der Waals surface area contributed by atoms with Crippen LogP contribution in [0.2, 0.25) is 0 Å². The molecule has 0 saturated carbocycles. The molecule has 3 nitrogen and oxygen atoms in total. The molecule has 0 aromatic heterocycles. The van der Waals surface area contributed by atoms with Crippen LogP contribution in [0.4, 0.5) is 0 Å². The molecule has 2 N–H and O–H groups in total. The van der Waals surface area contributed by atoms with E-state index in [0.29, 0.717) is 6.04 Å². The third-order valence-electron chi connectivity index (χ3n) is 3.34. The normalized spacial score (nSPS) is 27.9. The monoisotopic (exact) mass is 201 g/mol. The quantitative estimate of drug-likeness (QED) is 0.697. The average Bonchev–Trinajstić information content (AvgIpc) is 2.61. The maximum atomic E-state index is 9.53. The summed E-state index contributed by atoms with van der Waals surface area (Å²) in [5, 5.41) is 18.3. The Labute approximate surface area is 86.7 Å². The van der Waals surface area contributed by atoms with Gasteiger partial charge in [0.25, 0.3) is 0 Å². The van der Waals surface area contributed by atoms with E-state index in [4.69, 9.17) is 5.11 Å². The summed E-state index contributed by atoms with van der Waals surface area (Å²) in [5.41, 5.74) is 0. The molecular formula is C11H23NO2. The van der Waals surface area contributed by atoms with Gasteiger partial charge in [-0.2, -0.15) is 0 Å². The van der Waals surface area contributed by atoms with Crippen LogP contribution < -0.4 is 0 Å². The standard InChI is InChI=1S/C11H23NO2/c1-9(10(2)14)12-7-3-5-11(12)6-4-8-13/h9-11,13-14H,3-8H2,1-2H3. The lowest BCUT2D eigenvalue weighted by Crippen LogP contribution is -2.43. The van der Waals surface area contributed by atoms with Crippen molar-refractivity contribution in [2.45, 2.75) is 57.7 Å². The molecule has 1 heterocycles. The first-order valence-corrected chi connectivity index (χ1v) is 5.71. The van der Waals surface area contributed by atoms with Gasteiger partial charge < -0.3 is 10.2 Å². The van der Waals surface area contributed by atoms with Gasteiger partial charge in [-0.3, -0.25) is 4.90 Å². The van der Waals surface area contributed by atoms with E-state index in [1.54, 1.807) is 0 Å². The molecule has 1 fully saturated rings. The highest BCUT2D eigenvalue weighted by Gasteiger charge is 2.29. The maximum absolute atomic E-state index is 9.53. The second kappa shape index (κ2) is 5.69. The third kappa shape index (κ3) is 2.94. The Bertz CT molecular complexity index is 161. The zero-order chi connectivity index (χ0) is 10.6. The Morgan fingerprint density at radius 1 is 1.43 bits per heavy atom. The number of nitrogens with zero attached hydrogens (tertiary/aromatic N) is 1. The summed E-state index contributed by atoms with van der Waals surface area (Å²) in [6.45, 7) is 5.32. The number of hydrogen-bond acceptors (Lipinski definition) is 3. The molecule has 1 aliphatic heterocycles. The van der Waals surface area contributed by atoms with Crippen molar-refractivity contribution in [3.05, 3.63) is 0 Å². The summed E-state index contributed by atoms with van der Waals surface area (Å²) in [6.07, 6.45) is 4.13. The SMILES string of the molecule is CC(O)C(C)N1CCCC1CCCO. The van der Waals surface area contributed by atoms with Gasteiger partial charge in [-0.15, -0.1) is 0 Å². The smallest absolute Gasteiger partial charge is 0.0664 e. The van der Waals surface area contributed by atoms with E-state index in [1.807, 2.05) is 6.92 Å². The summed E-state index contributed by atoms with van der Waals surface area (Å²) >= 11 is 0. The van der Waals surface area contributed by atoms with Crippen LogP contribution in [0.3, 0.4) is 0 Å². The molecule has 1 rings (SSSR count). The first-order valence-electron chi connectivity index (χ1n) is 5.71. The lowest BCUT2D eigenvalue weighted by atomic mass is 10.1. The van der Waals surface area contributed by atoms with E-state index < -0.39 is 0 Å². The van der Waals surface area contributed by atoms with Crippen molar-refractivity contribution in [3.63, 3.8) is 0 Å². The molecule has 0 amide bonds. The summed E-state index contributed by atoms with van der Waals surface area (Å²) in [5.74, 6) is 0. The third-order valence-corrected chi connectivity index (χ3v) is 3.34. The van der Waals surface area contributed by atoms with Crippen molar-refractivity contribution in [1.29, 1.82) is 0 Å². The molecule has 0 spiro atoms. The van der Waals surface area contributed by atoms with Crippen LogP contribution in [0.25, 0.3) is 0 Å². The van der Waals surface area contributed by atoms with Crippen LogP contribution in [0.15, 0.2) is 0 Å². The summed E-state index contributed by atoms with van der Waals surface area (Å²) in [4.78, 5) is 2.39. The number of aliphatic hydroxyl groups is 2. The second-order valence-electron chi connectivity index (χ2n) is 4.38. The summed E-state index contributed by atoms with van der Waals surface area (Å²) < 4.78 is 0. The zero-order valence-corrected chi connectivity index (χ0v) is 9.32. The zero-order valence-electron chi connectivity index (χ0n) is 9.32. The number of rotatable bonds is 5. The fraction of sp³-hybridized carbons (Fsp3) is 1.00. The van der Waals surface area contributed by atoms with Gasteiger partial charge in [-0.1, -0.05) is 0 Å². The van der Waals surface area contributed by atoms with Crippen LogP contribution in [-0.4, -0.2) is 46.5 Å². The molecule has 3 atom stereocenters. The van der Waals surface area contributed by atoms with E-state index in [2.05, 4.69) is 11.8 Å². The Morgan fingerprint density at radius 2 is 2.14 bits per heavy atom. The fourth-order valence-electron chi connectivity index (χ4n) is 2.31. The largest absolute Gasteiger partial charge is 0.396 e. The minimum absolute atomic E-state index is 0.251. The van der Waals surface area contributed by atoms with E-state index in [-0.39, 0.29) is 18.8 Å². The van der Waals surface area contributed by atoms with Crippen LogP contribution in [0, 0.1) is 0 Å². The van der Waals surface area contributed by atoms with E-state index >= 15 is 0 Å². The van der Waals surface area contributed by atoms with Crippen LogP contribution in [0.1, 0.15) is 39.5 Å². The number of hydrogen-bond donors (Lipinski definition) is 2. The van der Waals surface area contributed by atoms with Gasteiger partial charge in [0.05, 0.1) is 6.10 Å². The van der Waals surface area contributed by atoms with Crippen molar-refractivity contribution < 1.29 is 10.2 Å². The van der Waals surface area contributed by atoms with Crippen molar-refractivity contribution >= 4 is 0 Å². The average molecular weight is 201 g/mol. The lowest BCUT2D eigenvalue weighted by Gasteiger charge is -2.32. The Hall–Kier alpha value is -0.120. The van der Waals surface area contributed by atoms with Crippen molar-refractivity contribution in [3.8, 4) is 0 Å². The molecule has 14 heavy (non-hydrogen) atoms. The second-order valence-corrected chi connectivity index (χ2v) is 4.38. The van der Waals surface area contributed by atoms with Gasteiger partial charge in [0.15, 0.2) is 0 Å². The summed E-state index contributed by atoms with van der Waals surface area (Å²) in [7, 11) is 0. The molecule has 0 aliphatic carbocycles. The van der Waals surface area contributed by atoms with Gasteiger partial charge in [-0.05, 0) is 46.1 Å². The number of aliphatic hydroxyl groups excluding tert-OH is 2. The molecule has 0 aromatic carbocycles. The fourth-order valence-corrected chi connectivity index (χ4v) is 2.31. The van der Waals surface area contributed by atoms with Crippen LogP contribution >= 0.6 is 0 Å². The highest BCUT2D eigenvalue weighted by Crippen LogP contribution is 2.24. The predicted molar refractivity (Wildman–Crippen MR) is 57.2 cm³/mol. The molecular weight excluding hydrogens is 178 g/mol. The Balaban J connectivity index is 2.42. The van der Waals surface area contributed by atoms with Gasteiger partial charge in [0.2, 0.25) is 0 Å². The molecule has 0 aromatic rings. The maximum Gasteiger partial charge on any atom is 0.0664 e. The molecule has 84 valence electrons. The molecule has 1 saturated heterocycles. The first-order chi connectivity index (χ1) is 6.66. The topological polar surface area (TPSA) is 43.7 Å². The number of likely N-dealkylation sites (tertiary alicyclic amines) is 1. The van der Waals surface area contributed by atoms with Crippen molar-refractivity contribution in [2.75, 3.05) is 13.2 Å². The highest BCUT2D eigenvalue weighted by atomic mass is 16.3. The molecule has 3 heteroatoms. The Morgan fingerprint density at radius 3 is 2.71 bits per heavy atom. The van der Waals surface area contributed by atoms with E-state index in [0.717, 1.165) is 19.4 Å². The van der Waals surface area contributed by atoms with E-state index in [9.17, 15) is 5.11 Å². The first kappa shape index (κ1) is 12.0. The van der Waals surface area contributed by atoms with Gasteiger partial charge in [-0.25, -0.2) is 0 Å². The van der Waals surface area contributed by atoms with Gasteiger partial charge in [0, 0.05) is 18.7 Å². The van der Waals surface area contributed by atoms with Crippen molar-refractivity contribution in [2.24, 2.45) is 0 Å². The van der Waals surface area contributed by atoms with E-state index in [1.165, 1.54) is 12.8 Å². The highest BCUT2D eigenvalue weighted by molar-refractivity contribution is 4.84. The Kier molecular flexibility index (Phi) is 4.85. The van der Waals surface area contributed by atoms with Crippen LogP contribution in [-0.2, 0) is 0 Å². The van der Waals surface area contributed by atoms with Gasteiger partial charge in [0.1, 0.15) is 0 Å².